The molecular formula is C20H32N4O2. The minimum atomic E-state index is -0.405. The molecule has 6 heteroatoms. The van der Waals surface area contributed by atoms with Crippen LogP contribution in [0.3, 0.4) is 0 Å². The van der Waals surface area contributed by atoms with Crippen LogP contribution in [0.1, 0.15) is 38.2 Å². The second-order valence-electron chi connectivity index (χ2n) is 7.84. The van der Waals surface area contributed by atoms with Crippen molar-refractivity contribution in [3.63, 3.8) is 0 Å². The molecule has 0 unspecified atom stereocenters. The van der Waals surface area contributed by atoms with Gasteiger partial charge < -0.3 is 20.3 Å². The molecule has 144 valence electrons. The lowest BCUT2D eigenvalue weighted by atomic mass is 9.78. The fourth-order valence-electron chi connectivity index (χ4n) is 3.93. The molecular weight excluding hydrogens is 328 g/mol. The third kappa shape index (κ3) is 4.54. The number of nitrogens with zero attached hydrogens (tertiary/aromatic N) is 2. The average Bonchev–Trinajstić information content (AvgIpc) is 2.68. The fourth-order valence-corrected chi connectivity index (χ4v) is 3.93. The Morgan fingerprint density at radius 1 is 1.35 bits per heavy atom. The van der Waals surface area contributed by atoms with Crippen molar-refractivity contribution in [2.45, 2.75) is 39.2 Å². The number of amides is 1. The molecule has 3 rings (SSSR count). The highest BCUT2D eigenvalue weighted by molar-refractivity contribution is 5.83. The summed E-state index contributed by atoms with van der Waals surface area (Å²) in [4.78, 5) is 19.7. The SMILES string of the molecule is COCC1(C(=O)NCc2ccc(N3CCC(C)CC3)nc2)CCNCC1. The lowest BCUT2D eigenvalue weighted by Crippen LogP contribution is -2.49. The Hall–Kier alpha value is -1.66. The molecule has 2 fully saturated rings. The van der Waals surface area contributed by atoms with Crippen molar-refractivity contribution in [2.24, 2.45) is 11.3 Å². The molecule has 1 aromatic rings. The Morgan fingerprint density at radius 3 is 2.69 bits per heavy atom. The summed E-state index contributed by atoms with van der Waals surface area (Å²) in [5.41, 5.74) is 0.631. The van der Waals surface area contributed by atoms with E-state index < -0.39 is 5.41 Å². The third-order valence-corrected chi connectivity index (χ3v) is 5.83. The maximum absolute atomic E-state index is 12.8. The maximum atomic E-state index is 12.8. The highest BCUT2D eigenvalue weighted by Crippen LogP contribution is 2.29. The van der Waals surface area contributed by atoms with Gasteiger partial charge in [0.15, 0.2) is 0 Å². The van der Waals surface area contributed by atoms with E-state index in [1.807, 2.05) is 6.20 Å². The van der Waals surface area contributed by atoms with Gasteiger partial charge in [-0.05, 0) is 56.3 Å². The molecule has 0 bridgehead atoms. The van der Waals surface area contributed by atoms with E-state index in [1.165, 1.54) is 12.8 Å². The summed E-state index contributed by atoms with van der Waals surface area (Å²) in [6.07, 6.45) is 5.99. The zero-order valence-corrected chi connectivity index (χ0v) is 16.1. The molecule has 0 saturated carbocycles. The standard InChI is InChI=1S/C20H32N4O2/c1-16-5-11-24(12-6-16)18-4-3-17(13-22-18)14-23-19(25)20(15-26-2)7-9-21-10-8-20/h3-4,13,16,21H,5-12,14-15H2,1-2H3,(H,23,25). The monoisotopic (exact) mass is 360 g/mol. The number of hydrogen-bond donors (Lipinski definition) is 2. The number of pyridine rings is 1. The molecule has 2 aliphatic rings. The van der Waals surface area contributed by atoms with Gasteiger partial charge in [-0.3, -0.25) is 4.79 Å². The van der Waals surface area contributed by atoms with Crippen molar-refractivity contribution in [3.05, 3.63) is 23.9 Å². The number of carbonyl (C=O) groups excluding carboxylic acids is 1. The van der Waals surface area contributed by atoms with Crippen LogP contribution in [0.25, 0.3) is 0 Å². The first kappa shape index (κ1) is 19.1. The normalized spacial score (nSPS) is 20.8. The van der Waals surface area contributed by atoms with E-state index in [4.69, 9.17) is 4.74 Å². The van der Waals surface area contributed by atoms with Crippen molar-refractivity contribution in [3.8, 4) is 0 Å². The van der Waals surface area contributed by atoms with E-state index in [1.54, 1.807) is 7.11 Å². The van der Waals surface area contributed by atoms with Crippen LogP contribution < -0.4 is 15.5 Å². The zero-order valence-electron chi connectivity index (χ0n) is 16.1. The predicted octanol–water partition coefficient (Wildman–Crippen LogP) is 1.95. The summed E-state index contributed by atoms with van der Waals surface area (Å²) in [6.45, 7) is 7.20. The van der Waals surface area contributed by atoms with E-state index >= 15 is 0 Å². The number of anilines is 1. The molecule has 1 aromatic heterocycles. The van der Waals surface area contributed by atoms with Crippen molar-refractivity contribution in [2.75, 3.05) is 44.8 Å². The Kier molecular flexibility index (Phi) is 6.48. The summed E-state index contributed by atoms with van der Waals surface area (Å²) < 4.78 is 5.34. The van der Waals surface area contributed by atoms with E-state index in [9.17, 15) is 4.79 Å². The smallest absolute Gasteiger partial charge is 0.228 e. The highest BCUT2D eigenvalue weighted by Gasteiger charge is 2.39. The number of piperidine rings is 2. The molecule has 1 amide bonds. The Bertz CT molecular complexity index is 570. The number of rotatable bonds is 6. The number of ether oxygens (including phenoxy) is 1. The average molecular weight is 361 g/mol. The summed E-state index contributed by atoms with van der Waals surface area (Å²) >= 11 is 0. The van der Waals surface area contributed by atoms with Gasteiger partial charge in [-0.25, -0.2) is 4.98 Å². The van der Waals surface area contributed by atoms with Gasteiger partial charge in [-0.15, -0.1) is 0 Å². The maximum Gasteiger partial charge on any atom is 0.228 e. The highest BCUT2D eigenvalue weighted by atomic mass is 16.5. The van der Waals surface area contributed by atoms with Crippen molar-refractivity contribution in [1.82, 2.24) is 15.6 Å². The molecule has 0 radical (unpaired) electrons. The van der Waals surface area contributed by atoms with Crippen LogP contribution in [-0.4, -0.2) is 50.8 Å². The molecule has 2 N–H and O–H groups in total. The largest absolute Gasteiger partial charge is 0.384 e. The summed E-state index contributed by atoms with van der Waals surface area (Å²) in [6, 6.07) is 4.15. The molecule has 26 heavy (non-hydrogen) atoms. The number of aromatic nitrogens is 1. The second kappa shape index (κ2) is 8.82. The molecule has 3 heterocycles. The van der Waals surface area contributed by atoms with Gasteiger partial charge in [-0.2, -0.15) is 0 Å². The molecule has 2 saturated heterocycles. The van der Waals surface area contributed by atoms with Gasteiger partial charge in [0.05, 0.1) is 12.0 Å². The Balaban J connectivity index is 1.54. The van der Waals surface area contributed by atoms with Crippen LogP contribution in [0.5, 0.6) is 0 Å². The van der Waals surface area contributed by atoms with Gasteiger partial charge in [0.25, 0.3) is 0 Å². The van der Waals surface area contributed by atoms with Crippen molar-refractivity contribution >= 4 is 11.7 Å². The Morgan fingerprint density at radius 2 is 2.08 bits per heavy atom. The molecule has 2 aliphatic heterocycles. The number of carbonyl (C=O) groups is 1. The van der Waals surface area contributed by atoms with Crippen molar-refractivity contribution in [1.29, 1.82) is 0 Å². The molecule has 0 aliphatic carbocycles. The molecule has 0 spiro atoms. The van der Waals surface area contributed by atoms with E-state index in [0.29, 0.717) is 13.2 Å². The van der Waals surface area contributed by atoms with Gasteiger partial charge in [0.1, 0.15) is 5.82 Å². The summed E-state index contributed by atoms with van der Waals surface area (Å²) in [5, 5.41) is 6.42. The summed E-state index contributed by atoms with van der Waals surface area (Å²) in [7, 11) is 1.67. The van der Waals surface area contributed by atoms with Gasteiger partial charge in [-0.1, -0.05) is 13.0 Å². The predicted molar refractivity (Wildman–Crippen MR) is 103 cm³/mol. The van der Waals surface area contributed by atoms with Crippen LogP contribution >= 0.6 is 0 Å². The molecule has 0 aromatic carbocycles. The molecule has 0 atom stereocenters. The third-order valence-electron chi connectivity index (χ3n) is 5.83. The first-order valence-electron chi connectivity index (χ1n) is 9.81. The van der Waals surface area contributed by atoms with Gasteiger partial charge >= 0.3 is 0 Å². The lowest BCUT2D eigenvalue weighted by Gasteiger charge is -2.35. The van der Waals surface area contributed by atoms with Gasteiger partial charge in [0.2, 0.25) is 5.91 Å². The topological polar surface area (TPSA) is 66.5 Å². The zero-order chi connectivity index (χ0) is 18.4. The fraction of sp³-hybridized carbons (Fsp3) is 0.700. The van der Waals surface area contributed by atoms with Gasteiger partial charge in [0, 0.05) is 32.9 Å². The minimum absolute atomic E-state index is 0.0925. The van der Waals surface area contributed by atoms with Crippen LogP contribution in [0, 0.1) is 11.3 Å². The Labute approximate surface area is 156 Å². The first-order valence-corrected chi connectivity index (χ1v) is 9.81. The number of hydrogen-bond acceptors (Lipinski definition) is 5. The van der Waals surface area contributed by atoms with E-state index in [-0.39, 0.29) is 5.91 Å². The quantitative estimate of drug-likeness (QED) is 0.812. The number of nitrogens with one attached hydrogen (secondary N) is 2. The van der Waals surface area contributed by atoms with E-state index in [0.717, 1.165) is 56.3 Å². The van der Waals surface area contributed by atoms with E-state index in [2.05, 4.69) is 39.6 Å². The molecule has 6 nitrogen and oxygen atoms in total. The lowest BCUT2D eigenvalue weighted by molar-refractivity contribution is -0.136. The van der Waals surface area contributed by atoms with Crippen molar-refractivity contribution < 1.29 is 9.53 Å². The first-order chi connectivity index (χ1) is 12.6. The van der Waals surface area contributed by atoms with Crippen LogP contribution in [0.15, 0.2) is 18.3 Å². The van der Waals surface area contributed by atoms with Crippen LogP contribution in [0.4, 0.5) is 5.82 Å². The summed E-state index contributed by atoms with van der Waals surface area (Å²) in [5.74, 6) is 1.95. The second-order valence-corrected chi connectivity index (χ2v) is 7.84. The number of methoxy groups -OCH3 is 1. The van der Waals surface area contributed by atoms with Crippen LogP contribution in [0.2, 0.25) is 0 Å². The van der Waals surface area contributed by atoms with Crippen LogP contribution in [-0.2, 0) is 16.1 Å². The minimum Gasteiger partial charge on any atom is -0.384 e.